The monoisotopic (exact) mass is 283 g/mol. The summed E-state index contributed by atoms with van der Waals surface area (Å²) in [6, 6.07) is 1.79. The second kappa shape index (κ2) is 5.75. The topological polar surface area (TPSA) is 70.1 Å². The van der Waals surface area contributed by atoms with Crippen molar-refractivity contribution in [1.82, 2.24) is 9.78 Å². The van der Waals surface area contributed by atoms with Crippen molar-refractivity contribution >= 4 is 23.3 Å². The first kappa shape index (κ1) is 14.1. The van der Waals surface area contributed by atoms with Gasteiger partial charge in [0.05, 0.1) is 17.7 Å². The Labute approximate surface area is 117 Å². The Kier molecular flexibility index (Phi) is 4.27. The van der Waals surface area contributed by atoms with Gasteiger partial charge in [-0.1, -0.05) is 6.08 Å². The van der Waals surface area contributed by atoms with Crippen molar-refractivity contribution in [2.45, 2.75) is 38.1 Å². The SMILES string of the molecule is CCOC(=O)c1cc(C)n(C2=CCC(N)CC2Cl)n1. The van der Waals surface area contributed by atoms with Gasteiger partial charge in [0.25, 0.3) is 0 Å². The van der Waals surface area contributed by atoms with Crippen LogP contribution in [0.1, 0.15) is 35.9 Å². The summed E-state index contributed by atoms with van der Waals surface area (Å²) in [6.45, 7) is 3.98. The Morgan fingerprint density at radius 1 is 1.68 bits per heavy atom. The Balaban J connectivity index is 2.28. The number of ether oxygens (including phenoxy) is 1. The molecular formula is C13H18ClN3O2. The van der Waals surface area contributed by atoms with Gasteiger partial charge in [-0.3, -0.25) is 0 Å². The van der Waals surface area contributed by atoms with E-state index in [1.165, 1.54) is 0 Å². The lowest BCUT2D eigenvalue weighted by Gasteiger charge is -2.24. The number of rotatable bonds is 3. The lowest BCUT2D eigenvalue weighted by molar-refractivity contribution is 0.0519. The summed E-state index contributed by atoms with van der Waals surface area (Å²) in [4.78, 5) is 11.7. The van der Waals surface area contributed by atoms with Gasteiger partial charge in [0.1, 0.15) is 0 Å². The first-order valence-corrected chi connectivity index (χ1v) is 6.80. The summed E-state index contributed by atoms with van der Waals surface area (Å²) in [7, 11) is 0. The summed E-state index contributed by atoms with van der Waals surface area (Å²) in [5.74, 6) is -0.413. The van der Waals surface area contributed by atoms with Gasteiger partial charge in [-0.05, 0) is 32.8 Å². The molecule has 1 aliphatic rings. The number of nitrogens with two attached hydrogens (primary N) is 1. The van der Waals surface area contributed by atoms with Gasteiger partial charge in [0, 0.05) is 11.7 Å². The molecule has 2 rings (SSSR count). The Hall–Kier alpha value is -1.33. The third kappa shape index (κ3) is 2.98. The van der Waals surface area contributed by atoms with E-state index in [4.69, 9.17) is 22.1 Å². The largest absolute Gasteiger partial charge is 0.461 e. The average Bonchev–Trinajstić information content (AvgIpc) is 2.72. The quantitative estimate of drug-likeness (QED) is 0.680. The van der Waals surface area contributed by atoms with E-state index in [1.807, 2.05) is 13.0 Å². The molecule has 0 saturated heterocycles. The van der Waals surface area contributed by atoms with Gasteiger partial charge in [-0.15, -0.1) is 11.6 Å². The Bertz CT molecular complexity index is 510. The third-order valence-corrected chi connectivity index (χ3v) is 3.48. The number of alkyl halides is 1. The van der Waals surface area contributed by atoms with Gasteiger partial charge in [-0.25, -0.2) is 9.48 Å². The van der Waals surface area contributed by atoms with Crippen molar-refractivity contribution in [2.75, 3.05) is 6.61 Å². The van der Waals surface area contributed by atoms with Crippen molar-refractivity contribution in [3.8, 4) is 0 Å². The zero-order valence-corrected chi connectivity index (χ0v) is 11.9. The molecule has 19 heavy (non-hydrogen) atoms. The molecule has 104 valence electrons. The highest BCUT2D eigenvalue weighted by atomic mass is 35.5. The van der Waals surface area contributed by atoms with Crippen LogP contribution in [0.4, 0.5) is 0 Å². The van der Waals surface area contributed by atoms with Gasteiger partial charge in [-0.2, -0.15) is 5.10 Å². The maximum atomic E-state index is 11.7. The fraction of sp³-hybridized carbons (Fsp3) is 0.538. The van der Waals surface area contributed by atoms with Crippen LogP contribution in [0.5, 0.6) is 0 Å². The van der Waals surface area contributed by atoms with Crippen LogP contribution in [-0.2, 0) is 4.74 Å². The predicted molar refractivity (Wildman–Crippen MR) is 74.0 cm³/mol. The number of aryl methyl sites for hydroxylation is 1. The average molecular weight is 284 g/mol. The number of allylic oxidation sites excluding steroid dienone is 1. The van der Waals surface area contributed by atoms with E-state index in [2.05, 4.69) is 5.10 Å². The minimum Gasteiger partial charge on any atom is -0.461 e. The molecular weight excluding hydrogens is 266 g/mol. The van der Waals surface area contributed by atoms with Crippen molar-refractivity contribution in [2.24, 2.45) is 5.73 Å². The number of hydrogen-bond acceptors (Lipinski definition) is 4. The molecule has 0 bridgehead atoms. The molecule has 1 aromatic rings. The summed E-state index contributed by atoms with van der Waals surface area (Å²) in [6.07, 6.45) is 3.47. The first-order valence-electron chi connectivity index (χ1n) is 6.36. The van der Waals surface area contributed by atoms with Crippen LogP contribution in [0.3, 0.4) is 0 Å². The number of nitrogens with zero attached hydrogens (tertiary/aromatic N) is 2. The van der Waals surface area contributed by atoms with Crippen LogP contribution in [0.25, 0.3) is 5.70 Å². The second-order valence-corrected chi connectivity index (χ2v) is 5.16. The number of carbonyl (C=O) groups is 1. The maximum absolute atomic E-state index is 11.7. The number of halogens is 1. The summed E-state index contributed by atoms with van der Waals surface area (Å²) in [5, 5.41) is 4.09. The fourth-order valence-electron chi connectivity index (χ4n) is 2.14. The van der Waals surface area contributed by atoms with Crippen LogP contribution in [-0.4, -0.2) is 33.8 Å². The molecule has 0 aromatic carbocycles. The van der Waals surface area contributed by atoms with Crippen molar-refractivity contribution < 1.29 is 9.53 Å². The molecule has 0 amide bonds. The highest BCUT2D eigenvalue weighted by molar-refractivity contribution is 6.25. The lowest BCUT2D eigenvalue weighted by Crippen LogP contribution is -2.29. The van der Waals surface area contributed by atoms with Gasteiger partial charge < -0.3 is 10.5 Å². The predicted octanol–water partition coefficient (Wildman–Crippen LogP) is 1.94. The zero-order valence-electron chi connectivity index (χ0n) is 11.1. The summed E-state index contributed by atoms with van der Waals surface area (Å²) >= 11 is 6.31. The normalized spacial score (nSPS) is 23.1. The Morgan fingerprint density at radius 3 is 3.05 bits per heavy atom. The highest BCUT2D eigenvalue weighted by Crippen LogP contribution is 2.27. The van der Waals surface area contributed by atoms with E-state index in [-0.39, 0.29) is 11.4 Å². The van der Waals surface area contributed by atoms with Crippen LogP contribution in [0.2, 0.25) is 0 Å². The van der Waals surface area contributed by atoms with Crippen molar-refractivity contribution in [3.05, 3.63) is 23.5 Å². The first-order chi connectivity index (χ1) is 9.02. The van der Waals surface area contributed by atoms with Gasteiger partial charge in [0.2, 0.25) is 0 Å². The lowest BCUT2D eigenvalue weighted by atomic mass is 9.99. The second-order valence-electron chi connectivity index (χ2n) is 4.63. The number of carbonyl (C=O) groups excluding carboxylic acids is 1. The third-order valence-electron chi connectivity index (χ3n) is 3.08. The van der Waals surface area contributed by atoms with Crippen LogP contribution in [0.15, 0.2) is 12.1 Å². The van der Waals surface area contributed by atoms with Crippen LogP contribution in [0, 0.1) is 6.92 Å². The molecule has 0 saturated carbocycles. The van der Waals surface area contributed by atoms with Crippen LogP contribution >= 0.6 is 11.6 Å². The number of aromatic nitrogens is 2. The van der Waals surface area contributed by atoms with E-state index in [0.717, 1.165) is 17.8 Å². The molecule has 0 fully saturated rings. The molecule has 6 heteroatoms. The smallest absolute Gasteiger partial charge is 0.358 e. The van der Waals surface area contributed by atoms with E-state index >= 15 is 0 Å². The number of hydrogen-bond donors (Lipinski definition) is 1. The molecule has 0 spiro atoms. The molecule has 2 N–H and O–H groups in total. The molecule has 1 aliphatic carbocycles. The van der Waals surface area contributed by atoms with E-state index < -0.39 is 5.97 Å². The molecule has 1 aromatic heterocycles. The minimum absolute atomic E-state index is 0.0895. The summed E-state index contributed by atoms with van der Waals surface area (Å²) < 4.78 is 6.64. The van der Waals surface area contributed by atoms with E-state index in [0.29, 0.717) is 18.7 Å². The number of esters is 1. The van der Waals surface area contributed by atoms with E-state index in [1.54, 1.807) is 17.7 Å². The minimum atomic E-state index is -0.413. The maximum Gasteiger partial charge on any atom is 0.358 e. The molecule has 2 atom stereocenters. The van der Waals surface area contributed by atoms with Gasteiger partial charge in [0.15, 0.2) is 5.69 Å². The molecule has 1 heterocycles. The van der Waals surface area contributed by atoms with Gasteiger partial charge >= 0.3 is 5.97 Å². The van der Waals surface area contributed by atoms with E-state index in [9.17, 15) is 4.79 Å². The molecule has 0 aliphatic heterocycles. The standard InChI is InChI=1S/C13H18ClN3O2/c1-3-19-13(18)11-6-8(2)17(16-11)12-5-4-9(15)7-10(12)14/h5-6,9-10H,3-4,7,15H2,1-2H3. The Morgan fingerprint density at radius 2 is 2.42 bits per heavy atom. The molecule has 2 unspecified atom stereocenters. The van der Waals surface area contributed by atoms with Crippen molar-refractivity contribution in [1.29, 1.82) is 0 Å². The van der Waals surface area contributed by atoms with Crippen molar-refractivity contribution in [3.63, 3.8) is 0 Å². The molecule has 0 radical (unpaired) electrons. The zero-order chi connectivity index (χ0) is 14.0. The summed E-state index contributed by atoms with van der Waals surface area (Å²) in [5.41, 5.74) is 7.91. The van der Waals surface area contributed by atoms with Crippen LogP contribution < -0.4 is 5.73 Å². The highest BCUT2D eigenvalue weighted by Gasteiger charge is 2.24. The molecule has 5 nitrogen and oxygen atoms in total. The fourth-order valence-corrected chi connectivity index (χ4v) is 2.55.